The molecule has 1 aliphatic heterocycles. The number of carbonyl (C=O) groups excluding carboxylic acids is 1. The molecule has 0 unspecified atom stereocenters. The van der Waals surface area contributed by atoms with Crippen LogP contribution in [-0.2, 0) is 4.79 Å². The van der Waals surface area contributed by atoms with Crippen LogP contribution in [0, 0.1) is 6.92 Å². The summed E-state index contributed by atoms with van der Waals surface area (Å²) >= 11 is 4.77. The molecule has 26 heavy (non-hydrogen) atoms. The molecule has 1 aliphatic rings. The molecule has 0 aliphatic carbocycles. The Kier molecular flexibility index (Phi) is 5.96. The largest absolute Gasteiger partial charge is 0.489 e. The normalized spacial score (nSPS) is 16.8. The van der Waals surface area contributed by atoms with Gasteiger partial charge in [0.15, 0.2) is 5.17 Å². The summed E-state index contributed by atoms with van der Waals surface area (Å²) in [6.07, 6.45) is 3.49. The number of hydrogen-bond donors (Lipinski definition) is 1. The average Bonchev–Trinajstić information content (AvgIpc) is 2.93. The van der Waals surface area contributed by atoms with Crippen molar-refractivity contribution in [2.45, 2.75) is 6.92 Å². The molecule has 0 bridgehead atoms. The van der Waals surface area contributed by atoms with Gasteiger partial charge in [-0.3, -0.25) is 4.79 Å². The fourth-order valence-electron chi connectivity index (χ4n) is 2.35. The predicted octanol–water partition coefficient (Wildman–Crippen LogP) is 5.21. The van der Waals surface area contributed by atoms with E-state index in [4.69, 9.17) is 4.74 Å². The van der Waals surface area contributed by atoms with Crippen LogP contribution in [0.25, 0.3) is 6.08 Å². The Balaban J connectivity index is 1.87. The fourth-order valence-corrected chi connectivity index (χ4v) is 3.56. The first-order valence-electron chi connectivity index (χ1n) is 7.94. The van der Waals surface area contributed by atoms with Crippen LogP contribution in [0.15, 0.2) is 69.5 Å². The van der Waals surface area contributed by atoms with E-state index in [0.717, 1.165) is 21.3 Å². The van der Waals surface area contributed by atoms with Gasteiger partial charge in [0.05, 0.1) is 10.6 Å². The van der Waals surface area contributed by atoms with Crippen molar-refractivity contribution in [2.75, 3.05) is 6.61 Å². The number of amides is 1. The van der Waals surface area contributed by atoms with Crippen molar-refractivity contribution in [2.24, 2.45) is 4.99 Å². The summed E-state index contributed by atoms with van der Waals surface area (Å²) in [6.45, 7) is 6.07. The highest BCUT2D eigenvalue weighted by Gasteiger charge is 2.24. The van der Waals surface area contributed by atoms with Crippen molar-refractivity contribution >= 4 is 50.5 Å². The Hall–Kier alpha value is -2.31. The van der Waals surface area contributed by atoms with Crippen LogP contribution >= 0.6 is 27.7 Å². The zero-order valence-corrected chi connectivity index (χ0v) is 16.6. The predicted molar refractivity (Wildman–Crippen MR) is 112 cm³/mol. The minimum atomic E-state index is -0.170. The maximum absolute atomic E-state index is 12.3. The number of ether oxygens (including phenoxy) is 1. The molecule has 4 nitrogen and oxygen atoms in total. The van der Waals surface area contributed by atoms with Crippen molar-refractivity contribution in [3.63, 3.8) is 0 Å². The summed E-state index contributed by atoms with van der Waals surface area (Å²) in [5.74, 6) is 0.522. The van der Waals surface area contributed by atoms with Gasteiger partial charge >= 0.3 is 0 Å². The number of halogens is 1. The van der Waals surface area contributed by atoms with Gasteiger partial charge in [-0.1, -0.05) is 40.7 Å². The number of amidine groups is 1. The van der Waals surface area contributed by atoms with Gasteiger partial charge < -0.3 is 10.1 Å². The minimum absolute atomic E-state index is 0.170. The molecule has 1 amide bonds. The molecule has 3 rings (SSSR count). The highest BCUT2D eigenvalue weighted by Crippen LogP contribution is 2.32. The molecule has 1 N–H and O–H groups in total. The quantitative estimate of drug-likeness (QED) is 0.524. The highest BCUT2D eigenvalue weighted by atomic mass is 79.9. The number of nitrogens with zero attached hydrogens (tertiary/aromatic N) is 1. The van der Waals surface area contributed by atoms with E-state index in [9.17, 15) is 4.79 Å². The van der Waals surface area contributed by atoms with Gasteiger partial charge in [-0.05, 0) is 60.7 Å². The maximum Gasteiger partial charge on any atom is 0.264 e. The summed E-state index contributed by atoms with van der Waals surface area (Å²) in [5.41, 5.74) is 2.75. The third kappa shape index (κ3) is 4.65. The average molecular weight is 429 g/mol. The molecule has 2 aromatic carbocycles. The van der Waals surface area contributed by atoms with Gasteiger partial charge in [0, 0.05) is 10.0 Å². The van der Waals surface area contributed by atoms with Crippen molar-refractivity contribution < 1.29 is 9.53 Å². The molecule has 0 spiro atoms. The van der Waals surface area contributed by atoms with E-state index < -0.39 is 0 Å². The van der Waals surface area contributed by atoms with Crippen LogP contribution in [0.1, 0.15) is 11.1 Å². The zero-order valence-electron chi connectivity index (χ0n) is 14.2. The summed E-state index contributed by atoms with van der Waals surface area (Å²) < 4.78 is 6.58. The number of aliphatic imine (C=N–C) groups is 1. The smallest absolute Gasteiger partial charge is 0.264 e. The van der Waals surface area contributed by atoms with E-state index in [0.29, 0.717) is 22.4 Å². The number of nitrogens with one attached hydrogen (secondary N) is 1. The van der Waals surface area contributed by atoms with E-state index in [1.807, 2.05) is 55.5 Å². The summed E-state index contributed by atoms with van der Waals surface area (Å²) in [7, 11) is 0. The van der Waals surface area contributed by atoms with Crippen LogP contribution in [0.5, 0.6) is 5.75 Å². The van der Waals surface area contributed by atoms with Crippen molar-refractivity contribution in [1.82, 2.24) is 5.32 Å². The first-order chi connectivity index (χ1) is 12.5. The molecule has 1 saturated heterocycles. The van der Waals surface area contributed by atoms with Gasteiger partial charge in [-0.15, -0.1) is 0 Å². The van der Waals surface area contributed by atoms with Gasteiger partial charge in [0.25, 0.3) is 5.91 Å². The van der Waals surface area contributed by atoms with Crippen LogP contribution in [0.3, 0.4) is 0 Å². The third-order valence-electron chi connectivity index (χ3n) is 3.50. The second kappa shape index (κ2) is 8.38. The number of aryl methyl sites for hydroxylation is 1. The van der Waals surface area contributed by atoms with E-state index in [1.165, 1.54) is 11.8 Å². The van der Waals surface area contributed by atoms with Crippen LogP contribution in [0.4, 0.5) is 5.69 Å². The molecule has 0 radical (unpaired) electrons. The Morgan fingerprint density at radius 3 is 2.92 bits per heavy atom. The van der Waals surface area contributed by atoms with E-state index in [1.54, 1.807) is 6.08 Å². The Morgan fingerprint density at radius 1 is 1.31 bits per heavy atom. The lowest BCUT2D eigenvalue weighted by atomic mass is 10.2. The summed E-state index contributed by atoms with van der Waals surface area (Å²) in [6, 6.07) is 13.5. The third-order valence-corrected chi connectivity index (χ3v) is 4.90. The van der Waals surface area contributed by atoms with Crippen molar-refractivity contribution in [3.05, 3.63) is 75.6 Å². The van der Waals surface area contributed by atoms with Gasteiger partial charge in [0.2, 0.25) is 0 Å². The van der Waals surface area contributed by atoms with E-state index in [2.05, 4.69) is 32.8 Å². The zero-order chi connectivity index (χ0) is 18.5. The first kappa shape index (κ1) is 18.5. The van der Waals surface area contributed by atoms with Gasteiger partial charge in [-0.2, -0.15) is 0 Å². The molecule has 2 aromatic rings. The molecular formula is C20H17BrN2O2S. The SMILES string of the molecule is C=CCOc1ccc(Br)cc1/C=C1\SC(=Nc2cccc(C)c2)NC1=O. The van der Waals surface area contributed by atoms with Gasteiger partial charge in [-0.25, -0.2) is 4.99 Å². The number of carbonyl (C=O) groups is 1. The number of benzene rings is 2. The topological polar surface area (TPSA) is 50.7 Å². The van der Waals surface area contributed by atoms with Crippen LogP contribution in [-0.4, -0.2) is 17.7 Å². The highest BCUT2D eigenvalue weighted by molar-refractivity contribution is 9.10. The molecule has 1 heterocycles. The second-order valence-corrected chi connectivity index (χ2v) is 7.55. The van der Waals surface area contributed by atoms with E-state index >= 15 is 0 Å². The fraction of sp³-hybridized carbons (Fsp3) is 0.100. The lowest BCUT2D eigenvalue weighted by molar-refractivity contribution is -0.115. The lowest BCUT2D eigenvalue weighted by Gasteiger charge is -2.08. The lowest BCUT2D eigenvalue weighted by Crippen LogP contribution is -2.19. The van der Waals surface area contributed by atoms with Gasteiger partial charge in [0.1, 0.15) is 12.4 Å². The Morgan fingerprint density at radius 2 is 2.15 bits per heavy atom. The molecule has 6 heteroatoms. The maximum atomic E-state index is 12.3. The van der Waals surface area contributed by atoms with Crippen molar-refractivity contribution in [1.29, 1.82) is 0 Å². The Labute approximate surface area is 165 Å². The monoisotopic (exact) mass is 428 g/mol. The molecule has 0 aromatic heterocycles. The molecule has 132 valence electrons. The van der Waals surface area contributed by atoms with Crippen LogP contribution in [0.2, 0.25) is 0 Å². The number of hydrogen-bond acceptors (Lipinski definition) is 4. The van der Waals surface area contributed by atoms with Crippen molar-refractivity contribution in [3.8, 4) is 5.75 Å². The molecule has 0 atom stereocenters. The summed E-state index contributed by atoms with van der Waals surface area (Å²) in [4.78, 5) is 17.4. The second-order valence-electron chi connectivity index (χ2n) is 5.60. The summed E-state index contributed by atoms with van der Waals surface area (Å²) in [5, 5.41) is 3.37. The molecule has 1 fully saturated rings. The van der Waals surface area contributed by atoms with Crippen LogP contribution < -0.4 is 10.1 Å². The van der Waals surface area contributed by atoms with E-state index in [-0.39, 0.29) is 5.91 Å². The minimum Gasteiger partial charge on any atom is -0.489 e. The number of rotatable bonds is 5. The molecule has 0 saturated carbocycles. The molecular weight excluding hydrogens is 412 g/mol. The standard InChI is InChI=1S/C20H17BrN2O2S/c1-3-9-25-17-8-7-15(21)11-14(17)12-18-19(24)23-20(26-18)22-16-6-4-5-13(2)10-16/h3-8,10-12H,1,9H2,2H3,(H,22,23,24)/b18-12-. The first-order valence-corrected chi connectivity index (χ1v) is 9.55. The Bertz CT molecular complexity index is 922. The number of thioether (sulfide) groups is 1.